The fraction of sp³-hybridized carbons (Fsp3) is 0.600. The van der Waals surface area contributed by atoms with Crippen molar-refractivity contribution in [2.45, 2.75) is 97.6 Å². The van der Waals surface area contributed by atoms with Gasteiger partial charge in [-0.2, -0.15) is 0 Å². The fourth-order valence-corrected chi connectivity index (χ4v) is 3.82. The minimum Gasteiger partial charge on any atom is -0.545 e. The molecule has 0 saturated carbocycles. The molecule has 0 unspecified atom stereocenters. The Morgan fingerprint density at radius 1 is 0.897 bits per heavy atom. The molecule has 0 N–H and O–H groups in total. The molecule has 4 nitrogen and oxygen atoms in total. The number of nitrogens with zero attached hydrogens (tertiary/aromatic N) is 2. The number of imidazole rings is 1. The first-order valence-electron chi connectivity index (χ1n) is 11.5. The van der Waals surface area contributed by atoms with Crippen LogP contribution in [0.4, 0.5) is 0 Å². The van der Waals surface area contributed by atoms with E-state index in [9.17, 15) is 9.90 Å². The van der Waals surface area contributed by atoms with Gasteiger partial charge in [-0.1, -0.05) is 89.5 Å². The molecular formula is C25H38N2O2. The van der Waals surface area contributed by atoms with Gasteiger partial charge in [0.25, 0.3) is 5.82 Å². The minimum atomic E-state index is -1.12. The van der Waals surface area contributed by atoms with Crippen molar-refractivity contribution in [1.29, 1.82) is 0 Å². The number of carboxylic acids is 1. The fourth-order valence-electron chi connectivity index (χ4n) is 3.82. The van der Waals surface area contributed by atoms with Gasteiger partial charge in [-0.15, -0.1) is 0 Å². The third kappa shape index (κ3) is 8.04. The smallest absolute Gasteiger partial charge is 0.256 e. The third-order valence-electron chi connectivity index (χ3n) is 5.64. The molecular weight excluding hydrogens is 360 g/mol. The Balaban J connectivity index is 1.93. The zero-order valence-electron chi connectivity index (χ0n) is 18.4. The van der Waals surface area contributed by atoms with Crippen LogP contribution in [0.5, 0.6) is 0 Å². The zero-order chi connectivity index (χ0) is 20.9. The van der Waals surface area contributed by atoms with E-state index >= 15 is 0 Å². The van der Waals surface area contributed by atoms with E-state index in [4.69, 9.17) is 0 Å². The molecule has 29 heavy (non-hydrogen) atoms. The van der Waals surface area contributed by atoms with Gasteiger partial charge >= 0.3 is 0 Å². The van der Waals surface area contributed by atoms with Gasteiger partial charge in [-0.05, 0) is 24.0 Å². The molecule has 0 aliphatic carbocycles. The summed E-state index contributed by atoms with van der Waals surface area (Å²) in [7, 11) is 0. The number of unbranched alkanes of at least 4 members (excludes halogenated alkanes) is 8. The summed E-state index contributed by atoms with van der Waals surface area (Å²) in [5, 5.41) is 11.0. The summed E-state index contributed by atoms with van der Waals surface area (Å²) >= 11 is 0. The van der Waals surface area contributed by atoms with Crippen molar-refractivity contribution < 1.29 is 14.5 Å². The van der Waals surface area contributed by atoms with Gasteiger partial charge in [0, 0.05) is 6.42 Å². The van der Waals surface area contributed by atoms with E-state index in [1.165, 1.54) is 70.0 Å². The number of carbonyl (C=O) groups excluding carboxylic acids is 1. The average molecular weight is 399 g/mol. The maximum atomic E-state index is 11.0. The van der Waals surface area contributed by atoms with Crippen molar-refractivity contribution in [3.8, 4) is 0 Å². The highest BCUT2D eigenvalue weighted by Gasteiger charge is 2.17. The molecule has 0 atom stereocenters. The van der Waals surface area contributed by atoms with E-state index in [1.807, 2.05) is 12.1 Å². The summed E-state index contributed by atoms with van der Waals surface area (Å²) in [5.41, 5.74) is 1.35. The molecule has 0 fully saturated rings. The lowest BCUT2D eigenvalue weighted by Gasteiger charge is -2.07. The second-order valence-corrected chi connectivity index (χ2v) is 8.10. The van der Waals surface area contributed by atoms with E-state index in [1.54, 1.807) is 12.1 Å². The molecule has 0 bridgehead atoms. The molecule has 0 aliphatic rings. The van der Waals surface area contributed by atoms with Gasteiger partial charge in [-0.3, -0.25) is 0 Å². The van der Waals surface area contributed by atoms with Crippen LogP contribution in [0.2, 0.25) is 0 Å². The molecule has 0 radical (unpaired) electrons. The molecule has 0 saturated heterocycles. The van der Waals surface area contributed by atoms with E-state index in [0.29, 0.717) is 0 Å². The average Bonchev–Trinajstić information content (AvgIpc) is 3.10. The van der Waals surface area contributed by atoms with Crippen LogP contribution in [-0.2, 0) is 19.5 Å². The Morgan fingerprint density at radius 3 is 2.14 bits per heavy atom. The summed E-state index contributed by atoms with van der Waals surface area (Å²) in [6.45, 7) is 6.34. The molecule has 4 heteroatoms. The van der Waals surface area contributed by atoms with Gasteiger partial charge in [0.05, 0.1) is 12.5 Å². The van der Waals surface area contributed by atoms with Crippen molar-refractivity contribution in [3.05, 3.63) is 53.6 Å². The largest absolute Gasteiger partial charge is 0.545 e. The Kier molecular flexibility index (Phi) is 10.5. The predicted molar refractivity (Wildman–Crippen MR) is 116 cm³/mol. The molecule has 1 heterocycles. The van der Waals surface area contributed by atoms with Crippen molar-refractivity contribution in [3.63, 3.8) is 0 Å². The number of benzene rings is 1. The number of aromatic carboxylic acids is 1. The van der Waals surface area contributed by atoms with Crippen molar-refractivity contribution >= 4 is 5.97 Å². The Hall–Kier alpha value is -2.10. The molecule has 1 aromatic carbocycles. The van der Waals surface area contributed by atoms with Gasteiger partial charge < -0.3 is 9.90 Å². The molecule has 0 aliphatic heterocycles. The number of carboxylic acid groups (broad SMARTS) is 1. The predicted octanol–water partition coefficient (Wildman–Crippen LogP) is 4.67. The summed E-state index contributed by atoms with van der Waals surface area (Å²) in [6, 6.07) is 7.05. The molecule has 160 valence electrons. The summed E-state index contributed by atoms with van der Waals surface area (Å²) in [4.78, 5) is 11.0. The normalized spacial score (nSPS) is 11.1. The molecule has 1 aromatic heterocycles. The first kappa shape index (κ1) is 23.2. The van der Waals surface area contributed by atoms with Crippen LogP contribution in [0.15, 0.2) is 36.7 Å². The van der Waals surface area contributed by atoms with Crippen LogP contribution in [0.25, 0.3) is 0 Å². The topological polar surface area (TPSA) is 48.9 Å². The number of rotatable bonds is 15. The van der Waals surface area contributed by atoms with Gasteiger partial charge in [0.2, 0.25) is 0 Å². The lowest BCUT2D eigenvalue weighted by Crippen LogP contribution is -2.38. The standard InChI is InChI=1S/C25H38N2O2/c1-3-5-7-8-9-10-11-12-13-24-26(18-6-4-2)19-20-27(24)21-22-14-16-23(17-15-22)25(28)29/h14-17,19-20H,3-13,18,21H2,1-2H3. The highest BCUT2D eigenvalue weighted by molar-refractivity contribution is 5.85. The molecule has 0 spiro atoms. The van der Waals surface area contributed by atoms with Gasteiger partial charge in [0.1, 0.15) is 18.9 Å². The second kappa shape index (κ2) is 13.2. The quantitative estimate of drug-likeness (QED) is 0.323. The van der Waals surface area contributed by atoms with Crippen molar-refractivity contribution in [2.24, 2.45) is 0 Å². The zero-order valence-corrected chi connectivity index (χ0v) is 18.4. The highest BCUT2D eigenvalue weighted by Crippen LogP contribution is 2.12. The van der Waals surface area contributed by atoms with Crippen LogP contribution in [-0.4, -0.2) is 10.5 Å². The third-order valence-corrected chi connectivity index (χ3v) is 5.64. The van der Waals surface area contributed by atoms with Crippen LogP contribution in [0, 0.1) is 0 Å². The lowest BCUT2D eigenvalue weighted by molar-refractivity contribution is -0.695. The van der Waals surface area contributed by atoms with Crippen molar-refractivity contribution in [2.75, 3.05) is 0 Å². The van der Waals surface area contributed by atoms with Crippen LogP contribution >= 0.6 is 0 Å². The van der Waals surface area contributed by atoms with E-state index in [2.05, 4.69) is 35.4 Å². The number of hydrogen-bond donors (Lipinski definition) is 0. The summed E-state index contributed by atoms with van der Waals surface area (Å²) in [6.07, 6.45) is 18.5. The maximum Gasteiger partial charge on any atom is 0.256 e. The first-order chi connectivity index (χ1) is 14.2. The monoisotopic (exact) mass is 398 g/mol. The second-order valence-electron chi connectivity index (χ2n) is 8.10. The lowest BCUT2D eigenvalue weighted by atomic mass is 10.1. The number of aryl methyl sites for hydroxylation is 1. The van der Waals surface area contributed by atoms with Crippen molar-refractivity contribution in [1.82, 2.24) is 4.57 Å². The van der Waals surface area contributed by atoms with Crippen LogP contribution < -0.4 is 9.67 Å². The van der Waals surface area contributed by atoms with E-state index < -0.39 is 5.97 Å². The van der Waals surface area contributed by atoms with Gasteiger partial charge in [0.15, 0.2) is 0 Å². The molecule has 2 aromatic rings. The number of carbonyl (C=O) groups is 1. The van der Waals surface area contributed by atoms with E-state index in [-0.39, 0.29) is 5.56 Å². The Bertz CT molecular complexity index is 719. The molecule has 2 rings (SSSR count). The van der Waals surface area contributed by atoms with Gasteiger partial charge in [-0.25, -0.2) is 9.13 Å². The van der Waals surface area contributed by atoms with Crippen LogP contribution in [0.1, 0.15) is 99.8 Å². The maximum absolute atomic E-state index is 11.0. The highest BCUT2D eigenvalue weighted by atomic mass is 16.4. The Labute approximate surface area is 176 Å². The number of hydrogen-bond acceptors (Lipinski definition) is 2. The summed E-state index contributed by atoms with van der Waals surface area (Å²) in [5.74, 6) is 0.263. The first-order valence-corrected chi connectivity index (χ1v) is 11.5. The number of aromatic nitrogens is 2. The SMILES string of the molecule is CCCCCCCCCCc1n(CCCC)cc[n+]1Cc1ccc(C(=O)[O-])cc1. The minimum absolute atomic E-state index is 0.235. The molecule has 0 amide bonds. The van der Waals surface area contributed by atoms with E-state index in [0.717, 1.165) is 25.1 Å². The summed E-state index contributed by atoms with van der Waals surface area (Å²) < 4.78 is 4.73. The van der Waals surface area contributed by atoms with Crippen LogP contribution in [0.3, 0.4) is 0 Å². The Morgan fingerprint density at radius 2 is 1.52 bits per heavy atom.